The van der Waals surface area contributed by atoms with E-state index in [2.05, 4.69) is 146 Å². The van der Waals surface area contributed by atoms with E-state index in [-0.39, 0.29) is 10.8 Å². The van der Waals surface area contributed by atoms with E-state index in [1.165, 1.54) is 11.1 Å². The number of nitrogens with zero attached hydrogens (tertiary/aromatic N) is 1. The van der Waals surface area contributed by atoms with Crippen molar-refractivity contribution in [2.75, 3.05) is 0 Å². The Labute approximate surface area is 288 Å². The maximum atomic E-state index is 7.21. The number of hydrogen-bond donors (Lipinski definition) is 0. The molecule has 0 aliphatic heterocycles. The van der Waals surface area contributed by atoms with Crippen LogP contribution in [-0.2, 0) is 12.8 Å². The maximum absolute atomic E-state index is 7.21. The molecule has 0 fully saturated rings. The lowest BCUT2D eigenvalue weighted by Gasteiger charge is -2.18. The van der Waals surface area contributed by atoms with Gasteiger partial charge in [-0.2, -0.15) is 0 Å². The monoisotopic (exact) mass is 641 g/mol. The molecule has 0 radical (unpaired) electrons. The molecule has 3 nitrogen and oxygen atoms in total. The summed E-state index contributed by atoms with van der Waals surface area (Å²) in [7, 11) is 0. The van der Waals surface area contributed by atoms with Gasteiger partial charge in [0.25, 0.3) is 0 Å². The zero-order chi connectivity index (χ0) is 34.1. The Morgan fingerprint density at radius 3 is 1.63 bits per heavy atom. The van der Waals surface area contributed by atoms with Gasteiger partial charge < -0.3 is 8.83 Å². The third kappa shape index (κ3) is 5.52. The van der Waals surface area contributed by atoms with Crippen LogP contribution in [-0.4, -0.2) is 4.98 Å². The largest absolute Gasteiger partial charge is 0.455 e. The molecular formula is C46H43NO2. The van der Waals surface area contributed by atoms with Crippen molar-refractivity contribution >= 4 is 43.9 Å². The second-order valence-corrected chi connectivity index (χ2v) is 16.0. The van der Waals surface area contributed by atoms with Crippen molar-refractivity contribution in [2.45, 2.75) is 61.3 Å². The summed E-state index contributed by atoms with van der Waals surface area (Å²) in [5.41, 5.74) is 13.8. The van der Waals surface area contributed by atoms with Crippen molar-refractivity contribution < 1.29 is 8.83 Å². The van der Waals surface area contributed by atoms with E-state index in [0.717, 1.165) is 95.8 Å². The number of para-hydroxylation sites is 2. The molecule has 0 aliphatic rings. The molecule has 8 rings (SSSR count). The Morgan fingerprint density at radius 1 is 0.531 bits per heavy atom. The number of hydrogen-bond acceptors (Lipinski definition) is 3. The Bertz CT molecular complexity index is 2500. The standard InChI is InChI=1S/C46H43NO2/c1-28-27-47-36(29-16-10-8-11-17-29)24-35(28)39-37(30-18-12-9-13-19-30)38-33-22-14-20-31(25-45(2,3)4)41(33)48-43(38)40-34-23-15-21-32(26-46(5,6)7)42(34)49-44(39)40/h8-24,27H,25-26H2,1-7H3. The van der Waals surface area contributed by atoms with E-state index >= 15 is 0 Å². The van der Waals surface area contributed by atoms with Crippen molar-refractivity contribution in [3.63, 3.8) is 0 Å². The van der Waals surface area contributed by atoms with E-state index in [4.69, 9.17) is 13.8 Å². The number of aromatic nitrogens is 1. The van der Waals surface area contributed by atoms with Gasteiger partial charge in [-0.05, 0) is 64.5 Å². The first-order valence-corrected chi connectivity index (χ1v) is 17.4. The average Bonchev–Trinajstić information content (AvgIpc) is 3.64. The van der Waals surface area contributed by atoms with Crippen LogP contribution in [0.1, 0.15) is 58.2 Å². The predicted molar refractivity (Wildman–Crippen MR) is 206 cm³/mol. The van der Waals surface area contributed by atoms with Gasteiger partial charge in [0.2, 0.25) is 0 Å². The van der Waals surface area contributed by atoms with E-state index in [1.54, 1.807) is 0 Å². The van der Waals surface area contributed by atoms with Crippen LogP contribution in [0, 0.1) is 17.8 Å². The molecule has 0 amide bonds. The van der Waals surface area contributed by atoms with Crippen LogP contribution in [0.15, 0.2) is 118 Å². The highest BCUT2D eigenvalue weighted by Gasteiger charge is 2.29. The molecule has 244 valence electrons. The number of furan rings is 2. The molecule has 3 heterocycles. The van der Waals surface area contributed by atoms with E-state index in [1.807, 2.05) is 12.3 Å². The third-order valence-electron chi connectivity index (χ3n) is 9.49. The van der Waals surface area contributed by atoms with E-state index in [9.17, 15) is 0 Å². The summed E-state index contributed by atoms with van der Waals surface area (Å²) < 4.78 is 14.4. The van der Waals surface area contributed by atoms with Gasteiger partial charge in [0.05, 0.1) is 11.1 Å². The summed E-state index contributed by atoms with van der Waals surface area (Å²) in [5, 5.41) is 4.38. The van der Waals surface area contributed by atoms with Crippen LogP contribution in [0.3, 0.4) is 0 Å². The molecule has 5 aromatic carbocycles. The van der Waals surface area contributed by atoms with Crippen molar-refractivity contribution in [2.24, 2.45) is 10.8 Å². The number of rotatable bonds is 5. The minimum absolute atomic E-state index is 0.0914. The molecule has 0 N–H and O–H groups in total. The molecule has 0 spiro atoms. The highest BCUT2D eigenvalue weighted by Crippen LogP contribution is 2.52. The summed E-state index contributed by atoms with van der Waals surface area (Å²) in [6.45, 7) is 15.9. The van der Waals surface area contributed by atoms with Gasteiger partial charge >= 0.3 is 0 Å². The lowest BCUT2D eigenvalue weighted by molar-refractivity contribution is 0.410. The predicted octanol–water partition coefficient (Wildman–Crippen LogP) is 13.4. The molecule has 0 atom stereocenters. The molecule has 49 heavy (non-hydrogen) atoms. The summed E-state index contributed by atoms with van der Waals surface area (Å²) in [6.07, 6.45) is 3.81. The van der Waals surface area contributed by atoms with Crippen molar-refractivity contribution in [1.29, 1.82) is 0 Å². The number of pyridine rings is 1. The first kappa shape index (κ1) is 31.1. The van der Waals surface area contributed by atoms with Crippen LogP contribution >= 0.6 is 0 Å². The first-order chi connectivity index (χ1) is 23.5. The Kier molecular flexibility index (Phi) is 7.30. The summed E-state index contributed by atoms with van der Waals surface area (Å²) in [4.78, 5) is 4.91. The van der Waals surface area contributed by atoms with Gasteiger partial charge in [0, 0.05) is 39.0 Å². The van der Waals surface area contributed by atoms with Crippen molar-refractivity contribution in [3.05, 3.63) is 126 Å². The van der Waals surface area contributed by atoms with Gasteiger partial charge in [-0.3, -0.25) is 4.98 Å². The minimum atomic E-state index is 0.0914. The van der Waals surface area contributed by atoms with Gasteiger partial charge in [0.1, 0.15) is 22.3 Å². The Morgan fingerprint density at radius 2 is 1.06 bits per heavy atom. The Balaban J connectivity index is 1.61. The van der Waals surface area contributed by atoms with Crippen LogP contribution in [0.4, 0.5) is 0 Å². The molecular weight excluding hydrogens is 599 g/mol. The third-order valence-corrected chi connectivity index (χ3v) is 9.49. The maximum Gasteiger partial charge on any atom is 0.147 e. The zero-order valence-electron chi connectivity index (χ0n) is 29.6. The van der Waals surface area contributed by atoms with Crippen molar-refractivity contribution in [3.8, 4) is 33.5 Å². The molecule has 3 aromatic heterocycles. The number of benzene rings is 5. The summed E-state index contributed by atoms with van der Waals surface area (Å²) >= 11 is 0. The SMILES string of the molecule is Cc1cnc(-c2ccccc2)cc1-c1c(-c2ccccc2)c2c3cccc(CC(C)(C)C)c3oc2c2c1oc1c(CC(C)(C)C)cccc12. The average molecular weight is 642 g/mol. The number of fused-ring (bicyclic) bond motifs is 7. The van der Waals surface area contributed by atoms with E-state index < -0.39 is 0 Å². The highest BCUT2D eigenvalue weighted by atomic mass is 16.3. The van der Waals surface area contributed by atoms with Crippen LogP contribution in [0.25, 0.3) is 77.4 Å². The lowest BCUT2D eigenvalue weighted by atomic mass is 9.85. The topological polar surface area (TPSA) is 39.2 Å². The molecule has 0 saturated carbocycles. The molecule has 8 aromatic rings. The first-order valence-electron chi connectivity index (χ1n) is 17.4. The Hall–Kier alpha value is -5.15. The lowest BCUT2D eigenvalue weighted by Crippen LogP contribution is -2.09. The second-order valence-electron chi connectivity index (χ2n) is 16.0. The summed E-state index contributed by atoms with van der Waals surface area (Å²) in [5.74, 6) is 0. The molecule has 0 unspecified atom stereocenters. The summed E-state index contributed by atoms with van der Waals surface area (Å²) in [6, 6.07) is 36.7. The zero-order valence-corrected chi connectivity index (χ0v) is 29.6. The van der Waals surface area contributed by atoms with Crippen molar-refractivity contribution in [1.82, 2.24) is 4.98 Å². The van der Waals surface area contributed by atoms with Crippen LogP contribution in [0.5, 0.6) is 0 Å². The fourth-order valence-corrected chi connectivity index (χ4v) is 7.55. The molecule has 0 aliphatic carbocycles. The fraction of sp³-hybridized carbons (Fsp3) is 0.239. The smallest absolute Gasteiger partial charge is 0.147 e. The van der Waals surface area contributed by atoms with Crippen LogP contribution in [0.2, 0.25) is 0 Å². The molecule has 0 saturated heterocycles. The quantitative estimate of drug-likeness (QED) is 0.188. The van der Waals surface area contributed by atoms with Gasteiger partial charge in [0.15, 0.2) is 0 Å². The normalized spacial score (nSPS) is 12.6. The minimum Gasteiger partial charge on any atom is -0.455 e. The van der Waals surface area contributed by atoms with Crippen LogP contribution < -0.4 is 0 Å². The van der Waals surface area contributed by atoms with Gasteiger partial charge in [-0.25, -0.2) is 0 Å². The fourth-order valence-electron chi connectivity index (χ4n) is 7.55. The van der Waals surface area contributed by atoms with E-state index in [0.29, 0.717) is 0 Å². The van der Waals surface area contributed by atoms with Gasteiger partial charge in [-0.1, -0.05) is 139 Å². The highest BCUT2D eigenvalue weighted by molar-refractivity contribution is 6.31. The van der Waals surface area contributed by atoms with Gasteiger partial charge in [-0.15, -0.1) is 0 Å². The molecule has 3 heteroatoms. The number of aryl methyl sites for hydroxylation is 1. The second kappa shape index (κ2) is 11.5. The molecule has 0 bridgehead atoms.